The van der Waals surface area contributed by atoms with Crippen molar-refractivity contribution in [3.63, 3.8) is 0 Å². The largest absolute Gasteiger partial charge is 0.103 e. The summed E-state index contributed by atoms with van der Waals surface area (Å²) in [7, 11) is 0. The van der Waals surface area contributed by atoms with Crippen molar-refractivity contribution in [1.29, 1.82) is 0 Å². The first-order chi connectivity index (χ1) is 8.65. The first-order valence-corrected chi connectivity index (χ1v) is 6.56. The normalized spacial score (nSPS) is 23.4. The van der Waals surface area contributed by atoms with Crippen LogP contribution < -0.4 is 0 Å². The second-order valence-corrected chi connectivity index (χ2v) is 4.85. The van der Waals surface area contributed by atoms with E-state index in [0.29, 0.717) is 11.8 Å². The van der Waals surface area contributed by atoms with Crippen molar-refractivity contribution in [3.05, 3.63) is 73.9 Å². The molecule has 0 spiro atoms. The highest BCUT2D eigenvalue weighted by molar-refractivity contribution is 5.41. The van der Waals surface area contributed by atoms with E-state index in [9.17, 15) is 0 Å². The molecule has 1 aliphatic carbocycles. The molecule has 0 aromatic heterocycles. The first kappa shape index (κ1) is 14.5. The summed E-state index contributed by atoms with van der Waals surface area (Å²) in [4.78, 5) is 0. The van der Waals surface area contributed by atoms with Gasteiger partial charge in [0.25, 0.3) is 0 Å². The second kappa shape index (κ2) is 7.00. The Morgan fingerprint density at radius 1 is 0.944 bits per heavy atom. The maximum absolute atomic E-state index is 4.30. The van der Waals surface area contributed by atoms with Crippen LogP contribution in [0.3, 0.4) is 0 Å². The summed E-state index contributed by atoms with van der Waals surface area (Å²) >= 11 is 0. The van der Waals surface area contributed by atoms with Gasteiger partial charge in [0.2, 0.25) is 0 Å². The highest BCUT2D eigenvalue weighted by Gasteiger charge is 2.28. The van der Waals surface area contributed by atoms with Crippen LogP contribution in [0.15, 0.2) is 73.9 Å². The van der Waals surface area contributed by atoms with Crippen molar-refractivity contribution in [3.8, 4) is 0 Å². The van der Waals surface area contributed by atoms with Crippen LogP contribution in [0.25, 0.3) is 0 Å². The third kappa shape index (κ3) is 3.22. The Morgan fingerprint density at radius 2 is 1.56 bits per heavy atom. The molecular formula is C18H24. The van der Waals surface area contributed by atoms with Gasteiger partial charge in [0.15, 0.2) is 0 Å². The van der Waals surface area contributed by atoms with E-state index in [1.165, 1.54) is 16.7 Å². The molecule has 0 bridgehead atoms. The summed E-state index contributed by atoms with van der Waals surface area (Å²) in [6, 6.07) is 0. The summed E-state index contributed by atoms with van der Waals surface area (Å²) in [6.07, 6.45) is 12.1. The van der Waals surface area contributed by atoms with Crippen molar-refractivity contribution >= 4 is 0 Å². The van der Waals surface area contributed by atoms with E-state index in [-0.39, 0.29) is 0 Å². The van der Waals surface area contributed by atoms with E-state index in [2.05, 4.69) is 39.0 Å². The van der Waals surface area contributed by atoms with Crippen LogP contribution in [0.1, 0.15) is 25.7 Å². The van der Waals surface area contributed by atoms with Crippen LogP contribution in [0.2, 0.25) is 0 Å². The van der Waals surface area contributed by atoms with Crippen molar-refractivity contribution < 1.29 is 0 Å². The van der Waals surface area contributed by atoms with Gasteiger partial charge < -0.3 is 0 Å². The number of allylic oxidation sites excluding steroid dienone is 7. The van der Waals surface area contributed by atoms with Gasteiger partial charge in [-0.3, -0.25) is 0 Å². The van der Waals surface area contributed by atoms with E-state index in [1.54, 1.807) is 0 Å². The molecule has 0 N–H and O–H groups in total. The molecule has 0 aliphatic heterocycles. The van der Waals surface area contributed by atoms with Gasteiger partial charge in [0, 0.05) is 11.8 Å². The molecule has 18 heavy (non-hydrogen) atoms. The van der Waals surface area contributed by atoms with Crippen LogP contribution >= 0.6 is 0 Å². The minimum absolute atomic E-state index is 0.347. The maximum Gasteiger partial charge on any atom is 0.00801 e. The van der Waals surface area contributed by atoms with E-state index >= 15 is 0 Å². The smallest absolute Gasteiger partial charge is 0.00801 e. The highest BCUT2D eigenvalue weighted by atomic mass is 14.3. The standard InChI is InChI=1S/C18H24/c1-6-9-12-16-13-14(4)17(10-7-2)15(5)18(16)11-8-3/h6-8,13,17-18H,1-5,9-12H2. The molecule has 1 aliphatic rings. The topological polar surface area (TPSA) is 0 Å². The SMILES string of the molecule is C=CCCC1=CC(=C)C(CC=C)C(=C)C1CC=C. The van der Waals surface area contributed by atoms with E-state index in [4.69, 9.17) is 0 Å². The monoisotopic (exact) mass is 240 g/mol. The molecule has 0 aromatic carbocycles. The summed E-state index contributed by atoms with van der Waals surface area (Å²) in [5, 5.41) is 0. The number of rotatable bonds is 7. The summed E-state index contributed by atoms with van der Waals surface area (Å²) in [5.74, 6) is 0.762. The first-order valence-electron chi connectivity index (χ1n) is 6.56. The summed E-state index contributed by atoms with van der Waals surface area (Å²) in [6.45, 7) is 20.0. The third-order valence-corrected chi connectivity index (χ3v) is 3.60. The van der Waals surface area contributed by atoms with Gasteiger partial charge in [-0.25, -0.2) is 0 Å². The minimum Gasteiger partial charge on any atom is -0.103 e. The van der Waals surface area contributed by atoms with Crippen LogP contribution in [0, 0.1) is 11.8 Å². The van der Waals surface area contributed by atoms with Crippen LogP contribution in [0.4, 0.5) is 0 Å². The van der Waals surface area contributed by atoms with Crippen LogP contribution in [0.5, 0.6) is 0 Å². The van der Waals surface area contributed by atoms with Gasteiger partial charge in [-0.05, 0) is 31.3 Å². The lowest BCUT2D eigenvalue weighted by atomic mass is 9.71. The predicted molar refractivity (Wildman–Crippen MR) is 82.4 cm³/mol. The van der Waals surface area contributed by atoms with E-state index in [0.717, 1.165) is 25.7 Å². The molecule has 0 heteroatoms. The van der Waals surface area contributed by atoms with Crippen molar-refractivity contribution in [1.82, 2.24) is 0 Å². The Bertz CT molecular complexity index is 392. The molecule has 0 amide bonds. The van der Waals surface area contributed by atoms with E-state index < -0.39 is 0 Å². The third-order valence-electron chi connectivity index (χ3n) is 3.60. The van der Waals surface area contributed by atoms with Crippen molar-refractivity contribution in [2.75, 3.05) is 0 Å². The fourth-order valence-electron chi connectivity index (χ4n) is 2.61. The minimum atomic E-state index is 0.347. The Kier molecular flexibility index (Phi) is 5.64. The molecule has 2 unspecified atom stereocenters. The fourth-order valence-corrected chi connectivity index (χ4v) is 2.61. The van der Waals surface area contributed by atoms with Gasteiger partial charge in [-0.1, -0.05) is 48.6 Å². The number of hydrogen-bond donors (Lipinski definition) is 0. The molecule has 96 valence electrons. The van der Waals surface area contributed by atoms with Crippen molar-refractivity contribution in [2.45, 2.75) is 25.7 Å². The number of hydrogen-bond acceptors (Lipinski definition) is 0. The molecule has 0 radical (unpaired) electrons. The van der Waals surface area contributed by atoms with E-state index in [1.807, 2.05) is 18.2 Å². The molecule has 0 saturated carbocycles. The maximum atomic E-state index is 4.30. The molecule has 0 aromatic rings. The predicted octanol–water partition coefficient (Wildman–Crippen LogP) is 5.39. The molecular weight excluding hydrogens is 216 g/mol. The average molecular weight is 240 g/mol. The van der Waals surface area contributed by atoms with Crippen LogP contribution in [-0.4, -0.2) is 0 Å². The van der Waals surface area contributed by atoms with Gasteiger partial charge in [0.05, 0.1) is 0 Å². The quantitative estimate of drug-likeness (QED) is 0.523. The lowest BCUT2D eigenvalue weighted by Gasteiger charge is -2.33. The lowest BCUT2D eigenvalue weighted by molar-refractivity contribution is 0.568. The summed E-state index contributed by atoms with van der Waals surface area (Å²) < 4.78 is 0. The molecule has 1 rings (SSSR count). The van der Waals surface area contributed by atoms with Gasteiger partial charge in [-0.15, -0.1) is 19.7 Å². The van der Waals surface area contributed by atoms with Crippen molar-refractivity contribution in [2.24, 2.45) is 11.8 Å². The highest BCUT2D eigenvalue weighted by Crippen LogP contribution is 2.41. The molecule has 0 saturated heterocycles. The van der Waals surface area contributed by atoms with Gasteiger partial charge in [-0.2, -0.15) is 0 Å². The second-order valence-electron chi connectivity index (χ2n) is 4.85. The average Bonchev–Trinajstić information content (AvgIpc) is 2.36. The molecule has 0 fully saturated rings. The Morgan fingerprint density at radius 3 is 2.11 bits per heavy atom. The van der Waals surface area contributed by atoms with Gasteiger partial charge >= 0.3 is 0 Å². The van der Waals surface area contributed by atoms with Crippen LogP contribution in [-0.2, 0) is 0 Å². The molecule has 0 nitrogen and oxygen atoms in total. The Balaban J connectivity index is 2.99. The Hall–Kier alpha value is -1.56. The summed E-state index contributed by atoms with van der Waals surface area (Å²) in [5.41, 5.74) is 3.85. The zero-order chi connectivity index (χ0) is 13.5. The zero-order valence-corrected chi connectivity index (χ0v) is 11.3. The zero-order valence-electron chi connectivity index (χ0n) is 11.3. The fraction of sp³-hybridized carbons (Fsp3) is 0.333. The molecule has 0 heterocycles. The molecule has 2 atom stereocenters. The Labute approximate surface area is 112 Å². The van der Waals surface area contributed by atoms with Gasteiger partial charge in [0.1, 0.15) is 0 Å². The lowest BCUT2D eigenvalue weighted by Crippen LogP contribution is -2.20.